The van der Waals surface area contributed by atoms with E-state index in [-0.39, 0.29) is 5.82 Å². The summed E-state index contributed by atoms with van der Waals surface area (Å²) in [5, 5.41) is 0. The van der Waals surface area contributed by atoms with E-state index in [1.165, 1.54) is 12.3 Å². The third-order valence-corrected chi connectivity index (χ3v) is 3.25. The molecule has 0 atom stereocenters. The van der Waals surface area contributed by atoms with Gasteiger partial charge in [-0.05, 0) is 67.0 Å². The molecule has 17 heavy (non-hydrogen) atoms. The molecule has 0 bridgehead atoms. The molecule has 0 heterocycles. The number of hydrogen-bond acceptors (Lipinski definition) is 2. The van der Waals surface area contributed by atoms with Crippen LogP contribution < -0.4 is 0 Å². The van der Waals surface area contributed by atoms with Gasteiger partial charge in [-0.15, -0.1) is 0 Å². The van der Waals surface area contributed by atoms with Crippen LogP contribution in [-0.2, 0) is 4.43 Å². The van der Waals surface area contributed by atoms with E-state index in [0.29, 0.717) is 11.4 Å². The Morgan fingerprint density at radius 2 is 2.12 bits per heavy atom. The standard InChI is InChI=1S/C12H15FINOSi/c1-9(16-17(2,3)4)15-8-10-7-11(14)5-6-12(10)13/h5-8H,1H2,2-4H3. The topological polar surface area (TPSA) is 21.6 Å². The summed E-state index contributed by atoms with van der Waals surface area (Å²) in [6, 6.07) is 4.85. The van der Waals surface area contributed by atoms with Crippen LogP contribution in [0.15, 0.2) is 35.7 Å². The van der Waals surface area contributed by atoms with Crippen molar-refractivity contribution in [3.8, 4) is 0 Å². The third-order valence-electron chi connectivity index (χ3n) is 1.73. The maximum Gasteiger partial charge on any atom is 0.244 e. The fourth-order valence-electron chi connectivity index (χ4n) is 1.13. The van der Waals surface area contributed by atoms with E-state index in [1.807, 2.05) is 19.6 Å². The summed E-state index contributed by atoms with van der Waals surface area (Å²) in [4.78, 5) is 4.03. The van der Waals surface area contributed by atoms with Gasteiger partial charge in [-0.25, -0.2) is 9.38 Å². The smallest absolute Gasteiger partial charge is 0.244 e. The van der Waals surface area contributed by atoms with Crippen LogP contribution in [-0.4, -0.2) is 14.5 Å². The molecule has 0 aromatic heterocycles. The minimum Gasteiger partial charge on any atom is -0.532 e. The summed E-state index contributed by atoms with van der Waals surface area (Å²) in [5.41, 5.74) is 0.442. The van der Waals surface area contributed by atoms with Crippen molar-refractivity contribution in [2.24, 2.45) is 4.99 Å². The molecule has 0 aliphatic heterocycles. The average Bonchev–Trinajstić information content (AvgIpc) is 2.17. The van der Waals surface area contributed by atoms with Crippen molar-refractivity contribution in [3.63, 3.8) is 0 Å². The highest BCUT2D eigenvalue weighted by atomic mass is 127. The van der Waals surface area contributed by atoms with Crippen LogP contribution >= 0.6 is 22.6 Å². The number of benzene rings is 1. The number of rotatable bonds is 4. The molecule has 92 valence electrons. The van der Waals surface area contributed by atoms with E-state index in [1.54, 1.807) is 12.1 Å². The first kappa shape index (κ1) is 14.4. The molecule has 0 spiro atoms. The molecule has 0 saturated heterocycles. The van der Waals surface area contributed by atoms with Gasteiger partial charge < -0.3 is 4.43 Å². The second-order valence-corrected chi connectivity index (χ2v) is 10.2. The Kier molecular flexibility index (Phi) is 4.87. The summed E-state index contributed by atoms with van der Waals surface area (Å²) in [7, 11) is -1.69. The largest absolute Gasteiger partial charge is 0.532 e. The molecule has 0 aliphatic rings. The van der Waals surface area contributed by atoms with Crippen molar-refractivity contribution in [3.05, 3.63) is 45.6 Å². The molecule has 0 radical (unpaired) electrons. The number of hydrogen-bond donors (Lipinski definition) is 0. The molecule has 1 rings (SSSR count). The Bertz CT molecular complexity index is 454. The van der Waals surface area contributed by atoms with Gasteiger partial charge in [0.2, 0.25) is 8.32 Å². The first-order chi connectivity index (χ1) is 7.78. The van der Waals surface area contributed by atoms with Gasteiger partial charge in [0.25, 0.3) is 0 Å². The van der Waals surface area contributed by atoms with Gasteiger partial charge in [-0.3, -0.25) is 0 Å². The maximum absolute atomic E-state index is 13.4. The first-order valence-electron chi connectivity index (χ1n) is 5.15. The molecule has 5 heteroatoms. The van der Waals surface area contributed by atoms with Crippen molar-refractivity contribution in [2.45, 2.75) is 19.6 Å². The van der Waals surface area contributed by atoms with Crippen molar-refractivity contribution >= 4 is 37.1 Å². The lowest BCUT2D eigenvalue weighted by molar-refractivity contribution is 0.421. The van der Waals surface area contributed by atoms with Crippen LogP contribution in [0.2, 0.25) is 19.6 Å². The van der Waals surface area contributed by atoms with Gasteiger partial charge in [0.15, 0.2) is 5.88 Å². The molecular weight excluding hydrogens is 348 g/mol. The highest BCUT2D eigenvalue weighted by Gasteiger charge is 2.16. The Labute approximate surface area is 116 Å². The zero-order valence-corrected chi connectivity index (χ0v) is 13.3. The Morgan fingerprint density at radius 1 is 1.47 bits per heavy atom. The van der Waals surface area contributed by atoms with Gasteiger partial charge in [-0.1, -0.05) is 0 Å². The van der Waals surface area contributed by atoms with Crippen LogP contribution in [0.4, 0.5) is 4.39 Å². The van der Waals surface area contributed by atoms with E-state index in [2.05, 4.69) is 34.2 Å². The quantitative estimate of drug-likeness (QED) is 0.341. The van der Waals surface area contributed by atoms with E-state index >= 15 is 0 Å². The Balaban J connectivity index is 2.77. The van der Waals surface area contributed by atoms with Gasteiger partial charge in [0.05, 0.1) is 0 Å². The van der Waals surface area contributed by atoms with Crippen LogP contribution in [0.3, 0.4) is 0 Å². The minimum absolute atomic E-state index is 0.296. The van der Waals surface area contributed by atoms with Gasteiger partial charge in [-0.2, -0.15) is 0 Å². The van der Waals surface area contributed by atoms with Crippen LogP contribution in [0, 0.1) is 9.39 Å². The van der Waals surface area contributed by atoms with Crippen LogP contribution in [0.5, 0.6) is 0 Å². The average molecular weight is 363 g/mol. The predicted octanol–water partition coefficient (Wildman–Crippen LogP) is 4.17. The van der Waals surface area contributed by atoms with Crippen molar-refractivity contribution in [1.29, 1.82) is 0 Å². The summed E-state index contributed by atoms with van der Waals surface area (Å²) in [6.07, 6.45) is 1.44. The first-order valence-corrected chi connectivity index (χ1v) is 9.64. The lowest BCUT2D eigenvalue weighted by atomic mass is 10.2. The van der Waals surface area contributed by atoms with E-state index < -0.39 is 8.32 Å². The van der Waals surface area contributed by atoms with Gasteiger partial charge in [0.1, 0.15) is 5.82 Å². The van der Waals surface area contributed by atoms with Crippen molar-refractivity contribution < 1.29 is 8.82 Å². The molecule has 0 amide bonds. The Hall–Kier alpha value is -0.693. The lowest BCUT2D eigenvalue weighted by Crippen LogP contribution is -2.24. The van der Waals surface area contributed by atoms with E-state index in [4.69, 9.17) is 4.43 Å². The second kappa shape index (κ2) is 5.77. The summed E-state index contributed by atoms with van der Waals surface area (Å²) in [5.74, 6) is 0.0393. The maximum atomic E-state index is 13.4. The molecule has 0 unspecified atom stereocenters. The summed E-state index contributed by atoms with van der Waals surface area (Å²) in [6.45, 7) is 9.82. The molecule has 1 aromatic carbocycles. The zero-order valence-electron chi connectivity index (χ0n) is 10.1. The summed E-state index contributed by atoms with van der Waals surface area (Å²) < 4.78 is 19.9. The number of nitrogens with zero attached hydrogens (tertiary/aromatic N) is 1. The highest BCUT2D eigenvalue weighted by molar-refractivity contribution is 14.1. The molecule has 0 saturated carbocycles. The predicted molar refractivity (Wildman–Crippen MR) is 80.3 cm³/mol. The van der Waals surface area contributed by atoms with Crippen molar-refractivity contribution in [2.75, 3.05) is 0 Å². The van der Waals surface area contributed by atoms with E-state index in [0.717, 1.165) is 3.57 Å². The third kappa shape index (κ3) is 5.45. The normalized spacial score (nSPS) is 11.8. The lowest BCUT2D eigenvalue weighted by Gasteiger charge is -2.17. The van der Waals surface area contributed by atoms with Gasteiger partial charge >= 0.3 is 0 Å². The Morgan fingerprint density at radius 3 is 2.71 bits per heavy atom. The fourth-order valence-corrected chi connectivity index (χ4v) is 2.41. The van der Waals surface area contributed by atoms with E-state index in [9.17, 15) is 4.39 Å². The molecular formula is C12H15FINOSi. The molecule has 1 aromatic rings. The second-order valence-electron chi connectivity index (χ2n) is 4.53. The molecule has 0 aliphatic carbocycles. The highest BCUT2D eigenvalue weighted by Crippen LogP contribution is 2.13. The molecule has 2 nitrogen and oxygen atoms in total. The fraction of sp³-hybridized carbons (Fsp3) is 0.250. The summed E-state index contributed by atoms with van der Waals surface area (Å²) >= 11 is 2.13. The minimum atomic E-state index is -1.69. The number of aliphatic imine (C=N–C) groups is 1. The SMILES string of the molecule is C=C(N=Cc1cc(I)ccc1F)O[Si](C)(C)C. The van der Waals surface area contributed by atoms with Crippen molar-refractivity contribution in [1.82, 2.24) is 0 Å². The van der Waals surface area contributed by atoms with Gasteiger partial charge in [0, 0.05) is 15.3 Å². The zero-order chi connectivity index (χ0) is 13.1. The molecule has 0 N–H and O–H groups in total. The van der Waals surface area contributed by atoms with Crippen LogP contribution in [0.1, 0.15) is 5.56 Å². The number of halogens is 2. The molecule has 0 fully saturated rings. The monoisotopic (exact) mass is 363 g/mol. The van der Waals surface area contributed by atoms with Crippen LogP contribution in [0.25, 0.3) is 0 Å².